The molecule has 36 heavy (non-hydrogen) atoms. The van der Waals surface area contributed by atoms with Crippen molar-refractivity contribution in [3.8, 4) is 0 Å². The van der Waals surface area contributed by atoms with Gasteiger partial charge in [0.05, 0.1) is 31.0 Å². The Morgan fingerprint density at radius 2 is 1.61 bits per heavy atom. The number of nitrogens with zero attached hydrogens (tertiary/aromatic N) is 3. The van der Waals surface area contributed by atoms with E-state index in [1.165, 1.54) is 12.1 Å². The summed E-state index contributed by atoms with van der Waals surface area (Å²) in [5.41, 5.74) is 2.10. The molecule has 2 aliphatic rings. The number of alkyl halides is 3. The molecule has 1 unspecified atom stereocenters. The van der Waals surface area contributed by atoms with Crippen LogP contribution in [0.25, 0.3) is 0 Å². The predicted molar refractivity (Wildman–Crippen MR) is 134 cm³/mol. The van der Waals surface area contributed by atoms with Gasteiger partial charge in [-0.05, 0) is 41.5 Å². The minimum atomic E-state index is -4.45. The predicted octanol–water partition coefficient (Wildman–Crippen LogP) is 5.96. The largest absolute Gasteiger partial charge is 0.416 e. The van der Waals surface area contributed by atoms with Gasteiger partial charge in [0.15, 0.2) is 0 Å². The lowest BCUT2D eigenvalue weighted by Gasteiger charge is -2.38. The molecular weight excluding hydrogens is 535 g/mol. The normalized spacial score (nSPS) is 17.3. The van der Waals surface area contributed by atoms with E-state index in [-0.39, 0.29) is 12.5 Å². The second-order valence-corrected chi connectivity index (χ2v) is 9.58. The fourth-order valence-corrected chi connectivity index (χ4v) is 4.79. The van der Waals surface area contributed by atoms with Crippen LogP contribution in [0, 0.1) is 0 Å². The minimum Gasteiger partial charge on any atom is -0.379 e. The van der Waals surface area contributed by atoms with Gasteiger partial charge in [-0.2, -0.15) is 13.2 Å². The van der Waals surface area contributed by atoms with Crippen molar-refractivity contribution < 1.29 is 22.7 Å². The molecule has 2 aliphatic heterocycles. The van der Waals surface area contributed by atoms with Crippen LogP contribution in [-0.2, 0) is 22.3 Å². The molecule has 0 bridgehead atoms. The number of para-hydroxylation sites is 1. The Morgan fingerprint density at radius 1 is 0.944 bits per heavy atom. The molecule has 5 nitrogen and oxygen atoms in total. The highest BCUT2D eigenvalue weighted by Gasteiger charge is 2.37. The summed E-state index contributed by atoms with van der Waals surface area (Å²) in [6.07, 6.45) is -4.45. The molecule has 5 rings (SSSR count). The molecule has 0 aliphatic carbocycles. The third kappa shape index (κ3) is 5.09. The number of hydrogen-bond acceptors (Lipinski definition) is 4. The van der Waals surface area contributed by atoms with Gasteiger partial charge in [0.25, 0.3) is 0 Å². The van der Waals surface area contributed by atoms with E-state index in [4.69, 9.17) is 9.73 Å². The number of benzene rings is 3. The molecule has 1 saturated heterocycles. The molecule has 3 aromatic carbocycles. The molecule has 1 amide bonds. The first-order valence-electron chi connectivity index (χ1n) is 11.5. The van der Waals surface area contributed by atoms with Crippen LogP contribution in [0.1, 0.15) is 28.3 Å². The summed E-state index contributed by atoms with van der Waals surface area (Å²) in [6, 6.07) is 19.3. The van der Waals surface area contributed by atoms with Crippen LogP contribution in [0.2, 0.25) is 0 Å². The van der Waals surface area contributed by atoms with Gasteiger partial charge >= 0.3 is 6.18 Å². The summed E-state index contributed by atoms with van der Waals surface area (Å²) in [7, 11) is 0. The number of amidine groups is 1. The molecular formula is C27H23BrF3N3O2. The highest BCUT2D eigenvalue weighted by atomic mass is 79.9. The monoisotopic (exact) mass is 557 g/mol. The van der Waals surface area contributed by atoms with Gasteiger partial charge in [-0.1, -0.05) is 58.4 Å². The van der Waals surface area contributed by atoms with E-state index in [1.807, 2.05) is 48.5 Å². The number of carbonyl (C=O) groups is 1. The quantitative estimate of drug-likeness (QED) is 0.397. The van der Waals surface area contributed by atoms with Crippen molar-refractivity contribution in [3.05, 3.63) is 99.5 Å². The molecule has 0 radical (unpaired) electrons. The van der Waals surface area contributed by atoms with Crippen LogP contribution in [0.5, 0.6) is 0 Å². The summed E-state index contributed by atoms with van der Waals surface area (Å²) >= 11 is 3.45. The van der Waals surface area contributed by atoms with Crippen molar-refractivity contribution in [2.75, 3.05) is 26.3 Å². The number of morpholine rings is 1. The van der Waals surface area contributed by atoms with Crippen molar-refractivity contribution in [1.29, 1.82) is 0 Å². The molecule has 0 aromatic heterocycles. The van der Waals surface area contributed by atoms with Crippen molar-refractivity contribution in [1.82, 2.24) is 9.80 Å². The van der Waals surface area contributed by atoms with E-state index < -0.39 is 17.8 Å². The van der Waals surface area contributed by atoms with Gasteiger partial charge in [-0.3, -0.25) is 14.6 Å². The van der Waals surface area contributed by atoms with E-state index in [2.05, 4.69) is 20.8 Å². The average Bonchev–Trinajstić information content (AvgIpc) is 2.89. The Kier molecular flexibility index (Phi) is 6.96. The number of carbonyl (C=O) groups excluding carboxylic acids is 1. The first-order chi connectivity index (χ1) is 17.3. The van der Waals surface area contributed by atoms with Crippen LogP contribution in [0.4, 0.5) is 18.9 Å². The number of aliphatic imine (C=N–C) groups is 1. The summed E-state index contributed by atoms with van der Waals surface area (Å²) in [6.45, 7) is 2.48. The molecule has 1 atom stereocenters. The lowest BCUT2D eigenvalue weighted by atomic mass is 10.00. The van der Waals surface area contributed by atoms with Crippen molar-refractivity contribution in [2.45, 2.75) is 18.8 Å². The fraction of sp³-hybridized carbons (Fsp3) is 0.259. The maximum Gasteiger partial charge on any atom is 0.416 e. The Hall–Kier alpha value is -3.01. The van der Waals surface area contributed by atoms with E-state index in [9.17, 15) is 18.0 Å². The minimum absolute atomic E-state index is 0.188. The maximum absolute atomic E-state index is 14.3. The number of halogens is 4. The SMILES string of the molecule is O=C(C(c1ccc(Br)cc1)N1CCOCC1)N1Cc2ccccc2N=C1c1ccc(C(F)(F)F)cc1. The van der Waals surface area contributed by atoms with Gasteiger partial charge in [-0.15, -0.1) is 0 Å². The van der Waals surface area contributed by atoms with Crippen LogP contribution >= 0.6 is 15.9 Å². The molecule has 3 aromatic rings. The number of rotatable bonds is 4. The molecule has 2 heterocycles. The first-order valence-corrected chi connectivity index (χ1v) is 12.3. The van der Waals surface area contributed by atoms with Crippen molar-refractivity contribution >= 4 is 33.4 Å². The number of amides is 1. The smallest absolute Gasteiger partial charge is 0.379 e. The lowest BCUT2D eigenvalue weighted by molar-refractivity contribution is -0.138. The standard InChI is InChI=1S/C27H23BrF3N3O2/c28-22-11-7-18(8-12-22)24(33-13-15-36-16-14-33)26(35)34-17-20-3-1-2-4-23(20)32-25(34)19-5-9-21(10-6-19)27(29,30)31/h1-12,24H,13-17H2. The highest BCUT2D eigenvalue weighted by Crippen LogP contribution is 2.34. The Bertz CT molecular complexity index is 1270. The first kappa shape index (κ1) is 24.7. The van der Waals surface area contributed by atoms with Gasteiger partial charge in [-0.25, -0.2) is 4.99 Å². The van der Waals surface area contributed by atoms with Crippen LogP contribution in [0.3, 0.4) is 0 Å². The zero-order valence-electron chi connectivity index (χ0n) is 19.2. The zero-order valence-corrected chi connectivity index (χ0v) is 20.8. The Morgan fingerprint density at radius 3 is 2.28 bits per heavy atom. The van der Waals surface area contributed by atoms with Gasteiger partial charge in [0.2, 0.25) is 5.91 Å². The number of hydrogen-bond donors (Lipinski definition) is 0. The molecule has 0 spiro atoms. The van der Waals surface area contributed by atoms with E-state index in [1.54, 1.807) is 4.90 Å². The molecule has 0 N–H and O–H groups in total. The van der Waals surface area contributed by atoms with E-state index in [0.717, 1.165) is 27.7 Å². The Labute approximate surface area is 215 Å². The third-order valence-corrected chi connectivity index (χ3v) is 6.90. The summed E-state index contributed by atoms with van der Waals surface area (Å²) < 4.78 is 46.0. The van der Waals surface area contributed by atoms with E-state index >= 15 is 0 Å². The summed E-state index contributed by atoms with van der Waals surface area (Å²) in [5, 5.41) is 0. The van der Waals surface area contributed by atoms with Gasteiger partial charge in [0.1, 0.15) is 11.9 Å². The molecule has 0 saturated carbocycles. The summed E-state index contributed by atoms with van der Waals surface area (Å²) in [5.74, 6) is 0.148. The topological polar surface area (TPSA) is 45.1 Å². The van der Waals surface area contributed by atoms with Crippen LogP contribution in [-0.4, -0.2) is 47.8 Å². The van der Waals surface area contributed by atoms with Gasteiger partial charge < -0.3 is 4.74 Å². The number of fused-ring (bicyclic) bond motifs is 1. The molecule has 1 fully saturated rings. The fourth-order valence-electron chi connectivity index (χ4n) is 4.52. The Balaban J connectivity index is 1.57. The van der Waals surface area contributed by atoms with Crippen LogP contribution < -0.4 is 0 Å². The highest BCUT2D eigenvalue weighted by molar-refractivity contribution is 9.10. The maximum atomic E-state index is 14.3. The molecule has 9 heteroatoms. The third-order valence-electron chi connectivity index (χ3n) is 6.37. The van der Waals surface area contributed by atoms with Gasteiger partial charge in [0, 0.05) is 23.1 Å². The second kappa shape index (κ2) is 10.2. The number of ether oxygens (including phenoxy) is 1. The van der Waals surface area contributed by atoms with Crippen LogP contribution in [0.15, 0.2) is 82.3 Å². The summed E-state index contributed by atoms with van der Waals surface area (Å²) in [4.78, 5) is 22.7. The van der Waals surface area contributed by atoms with E-state index in [0.29, 0.717) is 43.4 Å². The molecule has 186 valence electrons. The van der Waals surface area contributed by atoms with Crippen molar-refractivity contribution in [3.63, 3.8) is 0 Å². The van der Waals surface area contributed by atoms with Crippen molar-refractivity contribution in [2.24, 2.45) is 4.99 Å². The lowest BCUT2D eigenvalue weighted by Crippen LogP contribution is -2.49. The average molecular weight is 558 g/mol. The zero-order chi connectivity index (χ0) is 25.3. The second-order valence-electron chi connectivity index (χ2n) is 8.67.